The van der Waals surface area contributed by atoms with E-state index in [-0.39, 0.29) is 0 Å². The minimum Gasteiger partial charge on any atom is -0.125 e. The van der Waals surface area contributed by atoms with Gasteiger partial charge in [0.15, 0.2) is 0 Å². The molecule has 0 heteroatoms. The Hall–Kier alpha value is -1.18. The lowest BCUT2D eigenvalue weighted by Crippen LogP contribution is -1.86. The number of rotatable bonds is 1. The van der Waals surface area contributed by atoms with Crippen LogP contribution in [0.3, 0.4) is 0 Å². The van der Waals surface area contributed by atoms with Crippen LogP contribution in [0.1, 0.15) is 26.2 Å². The van der Waals surface area contributed by atoms with Gasteiger partial charge in [-0.25, -0.2) is 0 Å². The quantitative estimate of drug-likeness (QED) is 0.392. The molecule has 0 bridgehead atoms. The van der Waals surface area contributed by atoms with Gasteiger partial charge < -0.3 is 0 Å². The molecule has 0 aliphatic heterocycles. The Labute approximate surface area is 68.3 Å². The Morgan fingerprint density at radius 2 is 2.36 bits per heavy atom. The third-order valence-corrected chi connectivity index (χ3v) is 1.59. The molecule has 11 heavy (non-hydrogen) atoms. The molecule has 0 fully saturated rings. The van der Waals surface area contributed by atoms with Crippen molar-refractivity contribution in [2.24, 2.45) is 0 Å². The first-order valence-corrected chi connectivity index (χ1v) is 3.94. The van der Waals surface area contributed by atoms with Crippen molar-refractivity contribution in [2.75, 3.05) is 0 Å². The van der Waals surface area contributed by atoms with Gasteiger partial charge in [0.25, 0.3) is 0 Å². The molecule has 0 aromatic rings. The van der Waals surface area contributed by atoms with E-state index >= 15 is 0 Å². The molecular weight excluding hydrogens is 132 g/mol. The highest BCUT2D eigenvalue weighted by Gasteiger charge is 1.96. The zero-order valence-corrected chi connectivity index (χ0v) is 6.85. The molecule has 0 radical (unpaired) electrons. The van der Waals surface area contributed by atoms with E-state index in [1.165, 1.54) is 5.57 Å². The maximum absolute atomic E-state index is 3.09. The van der Waals surface area contributed by atoms with Crippen LogP contribution < -0.4 is 0 Å². The van der Waals surface area contributed by atoms with E-state index in [0.29, 0.717) is 0 Å². The molecule has 0 spiro atoms. The second-order valence-corrected chi connectivity index (χ2v) is 2.48. The van der Waals surface area contributed by atoms with Gasteiger partial charge in [0.1, 0.15) is 0 Å². The zero-order chi connectivity index (χ0) is 7.94. The summed E-state index contributed by atoms with van der Waals surface area (Å²) in [6.45, 7) is 1.97. The van der Waals surface area contributed by atoms with Crippen molar-refractivity contribution < 1.29 is 0 Å². The summed E-state index contributed by atoms with van der Waals surface area (Å²) in [6, 6.07) is 0. The fourth-order valence-corrected chi connectivity index (χ4v) is 0.980. The summed E-state index contributed by atoms with van der Waals surface area (Å²) >= 11 is 0. The topological polar surface area (TPSA) is 0 Å². The number of hydrogen-bond donors (Lipinski definition) is 0. The smallest absolute Gasteiger partial charge is 0.0302 e. The van der Waals surface area contributed by atoms with Gasteiger partial charge in [0.05, 0.1) is 0 Å². The van der Waals surface area contributed by atoms with Crippen molar-refractivity contribution in [3.63, 3.8) is 0 Å². The normalized spacial score (nSPS) is 18.1. The van der Waals surface area contributed by atoms with Gasteiger partial charge in [-0.05, 0) is 25.5 Å². The van der Waals surface area contributed by atoms with E-state index in [2.05, 4.69) is 23.6 Å². The van der Waals surface area contributed by atoms with Gasteiger partial charge in [-0.15, -0.1) is 11.7 Å². The van der Waals surface area contributed by atoms with Crippen LogP contribution in [0.5, 0.6) is 0 Å². The van der Waals surface area contributed by atoms with Crippen LogP contribution in [0.25, 0.3) is 0 Å². The average Bonchev–Trinajstić information content (AvgIpc) is 2.07. The average molecular weight is 144 g/mol. The first-order valence-electron chi connectivity index (χ1n) is 3.94. The summed E-state index contributed by atoms with van der Waals surface area (Å²) in [6.07, 6.45) is 9.09. The van der Waals surface area contributed by atoms with Crippen molar-refractivity contribution in [3.05, 3.63) is 29.5 Å². The summed E-state index contributed by atoms with van der Waals surface area (Å²) in [5.74, 6) is 6.16. The van der Waals surface area contributed by atoms with E-state index in [0.717, 1.165) is 19.3 Å². The highest BCUT2D eigenvalue weighted by molar-refractivity contribution is 5.23. The first-order chi connectivity index (χ1) is 5.43. The third kappa shape index (κ3) is 2.94. The van der Waals surface area contributed by atoms with Crippen molar-refractivity contribution in [1.29, 1.82) is 0 Å². The maximum atomic E-state index is 3.09. The van der Waals surface area contributed by atoms with Gasteiger partial charge in [-0.2, -0.15) is 0 Å². The van der Waals surface area contributed by atoms with Crippen LogP contribution in [-0.2, 0) is 0 Å². The highest BCUT2D eigenvalue weighted by Crippen LogP contribution is 2.12. The Morgan fingerprint density at radius 1 is 1.45 bits per heavy atom. The summed E-state index contributed by atoms with van der Waals surface area (Å²) < 4.78 is 0. The molecule has 0 aromatic heterocycles. The molecule has 0 atom stereocenters. The Morgan fingerprint density at radius 3 is 3.00 bits per heavy atom. The minimum absolute atomic E-state index is 0.946. The summed E-state index contributed by atoms with van der Waals surface area (Å²) in [7, 11) is 0. The van der Waals surface area contributed by atoms with Crippen molar-refractivity contribution in [3.8, 4) is 11.8 Å². The van der Waals surface area contributed by atoms with E-state index < -0.39 is 0 Å². The molecule has 0 amide bonds. The first kappa shape index (κ1) is 7.92. The molecule has 0 heterocycles. The van der Waals surface area contributed by atoms with Crippen LogP contribution in [0.4, 0.5) is 0 Å². The van der Waals surface area contributed by atoms with Gasteiger partial charge in [-0.1, -0.05) is 17.6 Å². The molecule has 0 saturated carbocycles. The summed E-state index contributed by atoms with van der Waals surface area (Å²) in [4.78, 5) is 0. The minimum atomic E-state index is 0.946. The van der Waals surface area contributed by atoms with E-state index in [1.807, 2.05) is 19.1 Å². The van der Waals surface area contributed by atoms with Gasteiger partial charge >= 0.3 is 0 Å². The Kier molecular flexibility index (Phi) is 3.32. The predicted molar refractivity (Wildman–Crippen MR) is 48.0 cm³/mol. The van der Waals surface area contributed by atoms with Gasteiger partial charge in [0, 0.05) is 12.8 Å². The molecule has 1 aliphatic rings. The predicted octanol–water partition coefficient (Wildman–Crippen LogP) is 2.83. The van der Waals surface area contributed by atoms with Crippen LogP contribution in [-0.4, -0.2) is 0 Å². The van der Waals surface area contributed by atoms with E-state index in [1.54, 1.807) is 0 Å². The van der Waals surface area contributed by atoms with Crippen molar-refractivity contribution in [2.45, 2.75) is 26.2 Å². The Balaban J connectivity index is 2.56. The van der Waals surface area contributed by atoms with Crippen LogP contribution >= 0.6 is 0 Å². The molecule has 0 saturated heterocycles. The largest absolute Gasteiger partial charge is 0.125 e. The Bertz CT molecular complexity index is 262. The van der Waals surface area contributed by atoms with E-state index in [9.17, 15) is 0 Å². The standard InChI is InChI=1S/C11H12/c1-2-3-5-8-11-9-6-4-7-10-11/h2,5,8H,6,9-10H2,1H3/b11-8+. The second kappa shape index (κ2) is 4.61. The van der Waals surface area contributed by atoms with Crippen LogP contribution in [0.2, 0.25) is 0 Å². The molecular formula is C11H12. The molecule has 0 N–H and O–H groups in total. The van der Waals surface area contributed by atoms with Gasteiger partial charge in [-0.3, -0.25) is 0 Å². The van der Waals surface area contributed by atoms with E-state index in [4.69, 9.17) is 0 Å². The highest BCUT2D eigenvalue weighted by atomic mass is 14.0. The lowest BCUT2D eigenvalue weighted by Gasteiger charge is -2.01. The van der Waals surface area contributed by atoms with Crippen LogP contribution in [0, 0.1) is 11.8 Å². The fourth-order valence-electron chi connectivity index (χ4n) is 0.980. The number of hydrogen-bond acceptors (Lipinski definition) is 0. The summed E-state index contributed by atoms with van der Waals surface area (Å²) in [5, 5.41) is 0. The molecule has 1 rings (SSSR count). The maximum Gasteiger partial charge on any atom is 0.0302 e. The molecule has 0 unspecified atom stereocenters. The second-order valence-electron chi connectivity index (χ2n) is 2.48. The van der Waals surface area contributed by atoms with Crippen molar-refractivity contribution in [1.82, 2.24) is 0 Å². The molecule has 0 nitrogen and oxygen atoms in total. The summed E-state index contributed by atoms with van der Waals surface area (Å²) in [5.41, 5.74) is 4.45. The lowest BCUT2D eigenvalue weighted by atomic mass is 10.0. The zero-order valence-electron chi connectivity index (χ0n) is 6.85. The monoisotopic (exact) mass is 144 g/mol. The lowest BCUT2D eigenvalue weighted by molar-refractivity contribution is 0.944. The van der Waals surface area contributed by atoms with Crippen LogP contribution in [0.15, 0.2) is 29.5 Å². The molecule has 0 aromatic carbocycles. The number of allylic oxidation sites excluding steroid dienone is 3. The molecule has 56 valence electrons. The third-order valence-electron chi connectivity index (χ3n) is 1.59. The fraction of sp³-hybridized carbons (Fsp3) is 0.364. The van der Waals surface area contributed by atoms with Crippen molar-refractivity contribution >= 4 is 0 Å². The molecule has 1 aliphatic carbocycles. The van der Waals surface area contributed by atoms with Gasteiger partial charge in [0.2, 0.25) is 0 Å². The SMILES string of the molecule is CC=C=C/C=C1/CC#CCC1.